The van der Waals surface area contributed by atoms with Crippen LogP contribution in [0.4, 0.5) is 0 Å². The Kier molecular flexibility index (Phi) is 4.45. The summed E-state index contributed by atoms with van der Waals surface area (Å²) in [4.78, 5) is 16.0. The number of fused-ring (bicyclic) bond motifs is 1. The molecule has 0 atom stereocenters. The molecule has 0 bridgehead atoms. The molecular weight excluding hydrogens is 252 g/mol. The molecule has 1 aromatic heterocycles. The summed E-state index contributed by atoms with van der Waals surface area (Å²) in [5.74, 6) is 0.120. The van der Waals surface area contributed by atoms with Crippen molar-refractivity contribution in [1.29, 1.82) is 0 Å². The second kappa shape index (κ2) is 6.09. The summed E-state index contributed by atoms with van der Waals surface area (Å²) in [7, 11) is 5.85. The fourth-order valence-electron chi connectivity index (χ4n) is 2.10. The van der Waals surface area contributed by atoms with Crippen LogP contribution in [0.25, 0.3) is 11.0 Å². The molecule has 4 heteroatoms. The number of likely N-dealkylation sites (N-methyl/N-ethyl adjacent to an activating group) is 2. The molecule has 4 nitrogen and oxygen atoms in total. The maximum Gasteiger partial charge on any atom is 0.226 e. The Hall–Kier alpha value is -1.81. The minimum absolute atomic E-state index is 0.120. The molecule has 0 spiro atoms. The Morgan fingerprint density at radius 2 is 1.95 bits per heavy atom. The highest BCUT2D eigenvalue weighted by molar-refractivity contribution is 5.87. The number of amides is 1. The first-order chi connectivity index (χ1) is 9.47. The number of carbonyl (C=O) groups is 1. The lowest BCUT2D eigenvalue weighted by molar-refractivity contribution is -0.129. The van der Waals surface area contributed by atoms with Gasteiger partial charge in [0.05, 0.1) is 12.7 Å². The van der Waals surface area contributed by atoms with Gasteiger partial charge in [-0.25, -0.2) is 0 Å². The molecule has 20 heavy (non-hydrogen) atoms. The Balaban J connectivity index is 2.06. The lowest BCUT2D eigenvalue weighted by atomic mass is 10.1. The molecule has 0 aliphatic rings. The Morgan fingerprint density at radius 3 is 2.65 bits per heavy atom. The van der Waals surface area contributed by atoms with Crippen molar-refractivity contribution in [2.45, 2.75) is 13.3 Å². The quantitative estimate of drug-likeness (QED) is 0.839. The third-order valence-electron chi connectivity index (χ3n) is 3.46. The minimum atomic E-state index is 0.120. The second-order valence-corrected chi connectivity index (χ2v) is 5.56. The van der Waals surface area contributed by atoms with Crippen LogP contribution < -0.4 is 0 Å². The first kappa shape index (κ1) is 14.6. The van der Waals surface area contributed by atoms with Crippen LogP contribution in [0.5, 0.6) is 0 Å². The topological polar surface area (TPSA) is 36.7 Å². The molecular formula is C16H22N2O2. The van der Waals surface area contributed by atoms with Crippen LogP contribution in [0.3, 0.4) is 0 Å². The number of carbonyl (C=O) groups excluding carboxylic acids is 1. The first-order valence-corrected chi connectivity index (χ1v) is 6.83. The fourth-order valence-corrected chi connectivity index (χ4v) is 2.10. The zero-order valence-electron chi connectivity index (χ0n) is 12.6. The van der Waals surface area contributed by atoms with Gasteiger partial charge in [0.25, 0.3) is 0 Å². The molecule has 0 aliphatic heterocycles. The maximum absolute atomic E-state index is 12.2. The van der Waals surface area contributed by atoms with E-state index in [1.54, 1.807) is 11.2 Å². The van der Waals surface area contributed by atoms with Gasteiger partial charge in [0.15, 0.2) is 0 Å². The number of hydrogen-bond donors (Lipinski definition) is 0. The molecule has 1 heterocycles. The molecule has 2 rings (SSSR count). The average molecular weight is 274 g/mol. The highest BCUT2D eigenvalue weighted by Crippen LogP contribution is 2.23. The van der Waals surface area contributed by atoms with E-state index in [4.69, 9.17) is 4.42 Å². The third-order valence-corrected chi connectivity index (χ3v) is 3.46. The highest BCUT2D eigenvalue weighted by Gasteiger charge is 2.14. The van der Waals surface area contributed by atoms with E-state index in [1.807, 2.05) is 46.3 Å². The molecule has 108 valence electrons. The van der Waals surface area contributed by atoms with Crippen LogP contribution in [0, 0.1) is 6.92 Å². The number of rotatable bonds is 5. The van der Waals surface area contributed by atoms with Gasteiger partial charge < -0.3 is 14.2 Å². The van der Waals surface area contributed by atoms with Crippen molar-refractivity contribution in [3.05, 3.63) is 35.6 Å². The van der Waals surface area contributed by atoms with Gasteiger partial charge in [-0.15, -0.1) is 0 Å². The van der Waals surface area contributed by atoms with Crippen LogP contribution in [0.15, 0.2) is 28.9 Å². The van der Waals surface area contributed by atoms with Gasteiger partial charge in [-0.1, -0.05) is 12.1 Å². The number of aryl methyl sites for hydroxylation is 1. The predicted octanol–water partition coefficient (Wildman–Crippen LogP) is 2.30. The maximum atomic E-state index is 12.2. The predicted molar refractivity (Wildman–Crippen MR) is 80.8 cm³/mol. The van der Waals surface area contributed by atoms with Gasteiger partial charge in [0, 0.05) is 31.1 Å². The van der Waals surface area contributed by atoms with E-state index >= 15 is 0 Å². The molecule has 0 saturated heterocycles. The van der Waals surface area contributed by atoms with Gasteiger partial charge in [-0.05, 0) is 32.6 Å². The Labute approximate surface area is 120 Å². The number of furan rings is 1. The number of nitrogens with zero attached hydrogens (tertiary/aromatic N) is 2. The van der Waals surface area contributed by atoms with Gasteiger partial charge >= 0.3 is 0 Å². The summed E-state index contributed by atoms with van der Waals surface area (Å²) in [5.41, 5.74) is 2.97. The van der Waals surface area contributed by atoms with Crippen molar-refractivity contribution in [1.82, 2.24) is 9.80 Å². The van der Waals surface area contributed by atoms with Gasteiger partial charge in [-0.2, -0.15) is 0 Å². The average Bonchev–Trinajstić information content (AvgIpc) is 2.78. The zero-order chi connectivity index (χ0) is 14.7. The molecule has 0 aliphatic carbocycles. The zero-order valence-corrected chi connectivity index (χ0v) is 12.6. The molecule has 0 fully saturated rings. The van der Waals surface area contributed by atoms with E-state index in [2.05, 4.69) is 4.90 Å². The summed E-state index contributed by atoms with van der Waals surface area (Å²) in [6.07, 6.45) is 2.09. The monoisotopic (exact) mass is 274 g/mol. The van der Waals surface area contributed by atoms with Crippen LogP contribution in [-0.4, -0.2) is 49.9 Å². The normalized spacial score (nSPS) is 11.2. The summed E-state index contributed by atoms with van der Waals surface area (Å²) < 4.78 is 5.53. The van der Waals surface area contributed by atoms with Crippen LogP contribution >= 0.6 is 0 Å². The summed E-state index contributed by atoms with van der Waals surface area (Å²) in [5, 5.41) is 1.03. The lowest BCUT2D eigenvalue weighted by Crippen LogP contribution is -2.34. The largest absolute Gasteiger partial charge is 0.464 e. The van der Waals surface area contributed by atoms with Crippen molar-refractivity contribution >= 4 is 16.9 Å². The Bertz CT molecular complexity index is 602. The summed E-state index contributed by atoms with van der Waals surface area (Å²) >= 11 is 0. The second-order valence-electron chi connectivity index (χ2n) is 5.56. The SMILES string of the molecule is Cc1ccc2c(CC(=O)N(C)CCN(C)C)coc2c1. The van der Waals surface area contributed by atoms with E-state index in [0.29, 0.717) is 6.42 Å². The summed E-state index contributed by atoms with van der Waals surface area (Å²) in [6.45, 7) is 3.64. The third kappa shape index (κ3) is 3.39. The van der Waals surface area contributed by atoms with Crippen molar-refractivity contribution in [3.63, 3.8) is 0 Å². The molecule has 1 aromatic carbocycles. The van der Waals surface area contributed by atoms with Crippen molar-refractivity contribution in [2.75, 3.05) is 34.2 Å². The summed E-state index contributed by atoms with van der Waals surface area (Å²) in [6, 6.07) is 6.07. The molecule has 0 N–H and O–H groups in total. The van der Waals surface area contributed by atoms with Gasteiger partial charge in [-0.3, -0.25) is 4.79 Å². The van der Waals surface area contributed by atoms with E-state index in [-0.39, 0.29) is 5.91 Å². The lowest BCUT2D eigenvalue weighted by Gasteiger charge is -2.19. The first-order valence-electron chi connectivity index (χ1n) is 6.83. The van der Waals surface area contributed by atoms with Crippen molar-refractivity contribution < 1.29 is 9.21 Å². The molecule has 0 radical (unpaired) electrons. The minimum Gasteiger partial charge on any atom is -0.464 e. The van der Waals surface area contributed by atoms with Gasteiger partial charge in [0.2, 0.25) is 5.91 Å². The number of hydrogen-bond acceptors (Lipinski definition) is 3. The molecule has 1 amide bonds. The van der Waals surface area contributed by atoms with E-state index in [1.165, 1.54) is 0 Å². The van der Waals surface area contributed by atoms with Gasteiger partial charge in [0.1, 0.15) is 5.58 Å². The number of benzene rings is 1. The fraction of sp³-hybridized carbons (Fsp3) is 0.438. The van der Waals surface area contributed by atoms with E-state index in [9.17, 15) is 4.79 Å². The van der Waals surface area contributed by atoms with Crippen molar-refractivity contribution in [3.8, 4) is 0 Å². The highest BCUT2D eigenvalue weighted by atomic mass is 16.3. The van der Waals surface area contributed by atoms with Crippen LogP contribution in [0.2, 0.25) is 0 Å². The van der Waals surface area contributed by atoms with E-state index < -0.39 is 0 Å². The standard InChI is InChI=1S/C16H22N2O2/c1-12-5-6-14-13(11-20-15(14)9-12)10-16(19)18(4)8-7-17(2)3/h5-6,9,11H,7-8,10H2,1-4H3. The van der Waals surface area contributed by atoms with Crippen molar-refractivity contribution in [2.24, 2.45) is 0 Å². The van der Waals surface area contributed by atoms with Crippen LogP contribution in [0.1, 0.15) is 11.1 Å². The molecule has 0 unspecified atom stereocenters. The molecule has 0 saturated carbocycles. The Morgan fingerprint density at radius 1 is 1.20 bits per heavy atom. The smallest absolute Gasteiger partial charge is 0.226 e. The van der Waals surface area contributed by atoms with Crippen LogP contribution in [-0.2, 0) is 11.2 Å². The molecule has 2 aromatic rings. The van der Waals surface area contributed by atoms with E-state index in [0.717, 1.165) is 35.2 Å².